The second-order valence-electron chi connectivity index (χ2n) is 8.78. The molecule has 1 N–H and O–H groups in total. The molecule has 1 aromatic heterocycles. The minimum atomic E-state index is -0.221. The predicted octanol–water partition coefficient (Wildman–Crippen LogP) is 2.30. The van der Waals surface area contributed by atoms with Crippen molar-refractivity contribution >= 4 is 17.4 Å². The van der Waals surface area contributed by atoms with Gasteiger partial charge in [-0.2, -0.15) is 10.2 Å². The highest BCUT2D eigenvalue weighted by Gasteiger charge is 2.21. The SMILES string of the molecule is CN1CCN(c2ccc(C(=O)NN(CC(C)(C)C)c3ccnc(C#N)n3)cc2)CC1. The van der Waals surface area contributed by atoms with Gasteiger partial charge in [-0.3, -0.25) is 15.2 Å². The van der Waals surface area contributed by atoms with E-state index in [2.05, 4.69) is 53.0 Å². The number of carbonyl (C=O) groups is 1. The molecule has 0 bridgehead atoms. The highest BCUT2D eigenvalue weighted by atomic mass is 16.2. The number of nitriles is 1. The summed E-state index contributed by atoms with van der Waals surface area (Å²) in [6.07, 6.45) is 1.52. The maximum Gasteiger partial charge on any atom is 0.269 e. The fourth-order valence-corrected chi connectivity index (χ4v) is 3.28. The van der Waals surface area contributed by atoms with E-state index in [-0.39, 0.29) is 17.1 Å². The van der Waals surface area contributed by atoms with Gasteiger partial charge in [-0.25, -0.2) is 4.98 Å². The number of amides is 1. The molecule has 8 nitrogen and oxygen atoms in total. The van der Waals surface area contributed by atoms with Gasteiger partial charge in [0.15, 0.2) is 5.82 Å². The zero-order valence-corrected chi connectivity index (χ0v) is 18.1. The molecule has 2 heterocycles. The van der Waals surface area contributed by atoms with Gasteiger partial charge in [-0.15, -0.1) is 0 Å². The molecule has 0 atom stereocenters. The first kappa shape index (κ1) is 21.5. The molecule has 0 saturated carbocycles. The average Bonchev–Trinajstić information content (AvgIpc) is 2.73. The number of nitrogens with zero attached hydrogens (tertiary/aromatic N) is 6. The molecule has 1 saturated heterocycles. The third-order valence-corrected chi connectivity index (χ3v) is 4.88. The van der Waals surface area contributed by atoms with Crippen LogP contribution in [0.2, 0.25) is 0 Å². The molecule has 0 spiro atoms. The number of aromatic nitrogens is 2. The van der Waals surface area contributed by atoms with Crippen LogP contribution < -0.4 is 15.3 Å². The summed E-state index contributed by atoms with van der Waals surface area (Å²) in [5.74, 6) is 0.331. The van der Waals surface area contributed by atoms with E-state index in [4.69, 9.17) is 5.26 Å². The number of benzene rings is 1. The topological polar surface area (TPSA) is 88.4 Å². The Kier molecular flexibility index (Phi) is 6.53. The number of hydrazine groups is 1. The van der Waals surface area contributed by atoms with Gasteiger partial charge in [0, 0.05) is 56.2 Å². The van der Waals surface area contributed by atoms with E-state index in [0.29, 0.717) is 17.9 Å². The van der Waals surface area contributed by atoms with E-state index in [0.717, 1.165) is 31.9 Å². The van der Waals surface area contributed by atoms with Gasteiger partial charge in [0.25, 0.3) is 5.91 Å². The molecular formula is C22H29N7O. The molecule has 1 amide bonds. The summed E-state index contributed by atoms with van der Waals surface area (Å²) in [6.45, 7) is 10.8. The van der Waals surface area contributed by atoms with Crippen LogP contribution in [0.3, 0.4) is 0 Å². The normalized spacial score (nSPS) is 14.8. The fraction of sp³-hybridized carbons (Fsp3) is 0.455. The molecule has 1 aliphatic heterocycles. The molecule has 0 aliphatic carbocycles. The number of likely N-dealkylation sites (N-methyl/N-ethyl adjacent to an activating group) is 1. The van der Waals surface area contributed by atoms with Gasteiger partial charge in [0.1, 0.15) is 6.07 Å². The maximum absolute atomic E-state index is 12.9. The van der Waals surface area contributed by atoms with Crippen molar-refractivity contribution in [3.8, 4) is 6.07 Å². The van der Waals surface area contributed by atoms with Gasteiger partial charge < -0.3 is 9.80 Å². The zero-order chi connectivity index (χ0) is 21.7. The van der Waals surface area contributed by atoms with E-state index in [1.54, 1.807) is 11.1 Å². The molecule has 1 aliphatic rings. The van der Waals surface area contributed by atoms with E-state index in [9.17, 15) is 4.79 Å². The van der Waals surface area contributed by atoms with Crippen molar-refractivity contribution in [2.45, 2.75) is 20.8 Å². The Morgan fingerprint density at radius 1 is 1.17 bits per heavy atom. The molecule has 8 heteroatoms. The van der Waals surface area contributed by atoms with Crippen LogP contribution in [-0.2, 0) is 0 Å². The molecule has 30 heavy (non-hydrogen) atoms. The van der Waals surface area contributed by atoms with E-state index < -0.39 is 0 Å². The molecule has 0 radical (unpaired) electrons. The van der Waals surface area contributed by atoms with Crippen LogP contribution in [-0.4, -0.2) is 60.5 Å². The average molecular weight is 408 g/mol. The first-order chi connectivity index (χ1) is 14.2. The van der Waals surface area contributed by atoms with E-state index in [1.165, 1.54) is 6.20 Å². The summed E-state index contributed by atoms with van der Waals surface area (Å²) in [7, 11) is 2.13. The van der Waals surface area contributed by atoms with Crippen LogP contribution in [0.15, 0.2) is 36.5 Å². The van der Waals surface area contributed by atoms with Crippen molar-refractivity contribution in [3.63, 3.8) is 0 Å². The first-order valence-corrected chi connectivity index (χ1v) is 10.1. The summed E-state index contributed by atoms with van der Waals surface area (Å²) in [5, 5.41) is 10.8. The summed E-state index contributed by atoms with van der Waals surface area (Å²) in [5.41, 5.74) is 4.53. The van der Waals surface area contributed by atoms with E-state index >= 15 is 0 Å². The highest BCUT2D eigenvalue weighted by molar-refractivity contribution is 5.95. The summed E-state index contributed by atoms with van der Waals surface area (Å²) in [6, 6.07) is 11.3. The lowest BCUT2D eigenvalue weighted by atomic mass is 9.97. The summed E-state index contributed by atoms with van der Waals surface area (Å²) in [4.78, 5) is 25.7. The van der Waals surface area contributed by atoms with Gasteiger partial charge in [-0.05, 0) is 36.7 Å². The smallest absolute Gasteiger partial charge is 0.269 e. The van der Waals surface area contributed by atoms with Crippen LogP contribution in [0.4, 0.5) is 11.5 Å². The Morgan fingerprint density at radius 2 is 1.83 bits per heavy atom. The van der Waals surface area contributed by atoms with Crippen molar-refractivity contribution in [1.82, 2.24) is 20.3 Å². The Hall–Kier alpha value is -3.18. The molecule has 2 aromatic rings. The predicted molar refractivity (Wildman–Crippen MR) is 117 cm³/mol. The molecular weight excluding hydrogens is 378 g/mol. The molecule has 1 aromatic carbocycles. The van der Waals surface area contributed by atoms with Gasteiger partial charge in [0.05, 0.1) is 0 Å². The van der Waals surface area contributed by atoms with Gasteiger partial charge in [0.2, 0.25) is 5.82 Å². The first-order valence-electron chi connectivity index (χ1n) is 10.1. The van der Waals surface area contributed by atoms with Crippen molar-refractivity contribution < 1.29 is 4.79 Å². The molecule has 1 fully saturated rings. The summed E-state index contributed by atoms with van der Waals surface area (Å²) < 4.78 is 0. The van der Waals surface area contributed by atoms with Gasteiger partial charge >= 0.3 is 0 Å². The quantitative estimate of drug-likeness (QED) is 0.761. The van der Waals surface area contributed by atoms with Crippen molar-refractivity contribution in [1.29, 1.82) is 5.26 Å². The maximum atomic E-state index is 12.9. The van der Waals surface area contributed by atoms with E-state index in [1.807, 2.05) is 30.3 Å². The Bertz CT molecular complexity index is 906. The number of rotatable bonds is 5. The lowest BCUT2D eigenvalue weighted by Crippen LogP contribution is -2.47. The Labute approximate surface area is 178 Å². The van der Waals surface area contributed by atoms with Crippen molar-refractivity contribution in [2.75, 3.05) is 49.7 Å². The highest BCUT2D eigenvalue weighted by Crippen LogP contribution is 2.20. The van der Waals surface area contributed by atoms with Crippen molar-refractivity contribution in [3.05, 3.63) is 47.9 Å². The molecule has 3 rings (SSSR count). The lowest BCUT2D eigenvalue weighted by molar-refractivity contribution is 0.0945. The van der Waals surface area contributed by atoms with Crippen LogP contribution in [0.1, 0.15) is 37.0 Å². The zero-order valence-electron chi connectivity index (χ0n) is 18.1. The number of hydrogen-bond donors (Lipinski definition) is 1. The fourth-order valence-electron chi connectivity index (χ4n) is 3.28. The third kappa shape index (κ3) is 5.67. The van der Waals surface area contributed by atoms with Crippen LogP contribution in [0.5, 0.6) is 0 Å². The third-order valence-electron chi connectivity index (χ3n) is 4.88. The number of anilines is 2. The lowest BCUT2D eigenvalue weighted by Gasteiger charge is -2.34. The number of carbonyl (C=O) groups excluding carboxylic acids is 1. The largest absolute Gasteiger partial charge is 0.369 e. The minimum absolute atomic E-state index is 0.0668. The van der Waals surface area contributed by atoms with Gasteiger partial charge in [-0.1, -0.05) is 20.8 Å². The number of hydrogen-bond acceptors (Lipinski definition) is 7. The van der Waals surface area contributed by atoms with Crippen LogP contribution >= 0.6 is 0 Å². The number of piperazine rings is 1. The summed E-state index contributed by atoms with van der Waals surface area (Å²) >= 11 is 0. The number of nitrogens with one attached hydrogen (secondary N) is 1. The van der Waals surface area contributed by atoms with Crippen molar-refractivity contribution in [2.24, 2.45) is 5.41 Å². The Morgan fingerprint density at radius 3 is 2.43 bits per heavy atom. The monoisotopic (exact) mass is 407 g/mol. The van der Waals surface area contributed by atoms with Crippen LogP contribution in [0.25, 0.3) is 0 Å². The molecule has 158 valence electrons. The minimum Gasteiger partial charge on any atom is -0.369 e. The Balaban J connectivity index is 1.74. The second kappa shape index (κ2) is 9.09. The van der Waals surface area contributed by atoms with Crippen LogP contribution in [0, 0.1) is 16.7 Å². The standard InChI is InChI=1S/C22H29N7O/c1-22(2,3)16-29(20-9-10-24-19(15-23)25-20)26-21(30)17-5-7-18(8-6-17)28-13-11-27(4)12-14-28/h5-10H,11-14,16H2,1-4H3,(H,26,30). The molecule has 0 unspecified atom stereocenters. The second-order valence-corrected chi connectivity index (χ2v) is 8.78.